The van der Waals surface area contributed by atoms with Gasteiger partial charge < -0.3 is 5.32 Å². The number of hydrogen-bond donors (Lipinski definition) is 1. The Hall–Kier alpha value is -2.66. The van der Waals surface area contributed by atoms with Gasteiger partial charge in [-0.15, -0.1) is 0 Å². The molecular weight excluding hydrogens is 288 g/mol. The number of nitrogens with zero attached hydrogens (tertiary/aromatic N) is 3. The first-order valence-corrected chi connectivity index (χ1v) is 6.61. The maximum absolute atomic E-state index is 12.2. The lowest BCUT2D eigenvalue weighted by Crippen LogP contribution is -2.12. The summed E-state index contributed by atoms with van der Waals surface area (Å²) in [5, 5.41) is 3.37. The summed E-state index contributed by atoms with van der Waals surface area (Å²) in [6.45, 7) is 0. The van der Waals surface area contributed by atoms with E-state index in [4.69, 9.17) is 11.6 Å². The zero-order valence-electron chi connectivity index (χ0n) is 10.9. The van der Waals surface area contributed by atoms with E-state index in [1.165, 1.54) is 0 Å². The third kappa shape index (κ3) is 3.09. The Morgan fingerprint density at radius 1 is 1.19 bits per heavy atom. The number of rotatable bonds is 3. The van der Waals surface area contributed by atoms with Crippen LogP contribution in [0.3, 0.4) is 0 Å². The lowest BCUT2D eigenvalue weighted by atomic mass is 10.2. The van der Waals surface area contributed by atoms with E-state index in [0.717, 1.165) is 0 Å². The van der Waals surface area contributed by atoms with Gasteiger partial charge >= 0.3 is 0 Å². The van der Waals surface area contributed by atoms with Crippen LogP contribution >= 0.6 is 11.6 Å². The quantitative estimate of drug-likeness (QED) is 0.808. The van der Waals surface area contributed by atoms with Crippen LogP contribution in [-0.4, -0.2) is 20.4 Å². The topological polar surface area (TPSA) is 59.8 Å². The average molecular weight is 299 g/mol. The van der Waals surface area contributed by atoms with Crippen molar-refractivity contribution in [2.24, 2.45) is 0 Å². The molecule has 21 heavy (non-hydrogen) atoms. The van der Waals surface area contributed by atoms with Gasteiger partial charge in [0.25, 0.3) is 5.91 Å². The van der Waals surface area contributed by atoms with Gasteiger partial charge in [0.15, 0.2) is 0 Å². The van der Waals surface area contributed by atoms with Crippen LogP contribution < -0.4 is 5.32 Å². The third-order valence-electron chi connectivity index (χ3n) is 2.86. The van der Waals surface area contributed by atoms with Crippen LogP contribution in [0.1, 0.15) is 10.4 Å². The minimum absolute atomic E-state index is 0.221. The second-order valence-corrected chi connectivity index (χ2v) is 4.77. The zero-order chi connectivity index (χ0) is 14.7. The Balaban J connectivity index is 1.83. The van der Waals surface area contributed by atoms with Crippen LogP contribution in [0.25, 0.3) is 5.82 Å². The van der Waals surface area contributed by atoms with E-state index in [1.54, 1.807) is 65.9 Å². The van der Waals surface area contributed by atoms with Crippen LogP contribution in [0, 0.1) is 0 Å². The summed E-state index contributed by atoms with van der Waals surface area (Å²) in [6, 6.07) is 10.4. The van der Waals surface area contributed by atoms with Crippen LogP contribution in [0.15, 0.2) is 61.3 Å². The normalized spacial score (nSPS) is 10.3. The minimum atomic E-state index is -0.221. The molecule has 1 amide bonds. The Kier molecular flexibility index (Phi) is 3.66. The average Bonchev–Trinajstić information content (AvgIpc) is 3.02. The largest absolute Gasteiger partial charge is 0.322 e. The number of halogens is 1. The number of aromatic nitrogens is 3. The van der Waals surface area contributed by atoms with Gasteiger partial charge in [0, 0.05) is 34.9 Å². The molecule has 0 unspecified atom stereocenters. The standard InChI is InChI=1S/C15H11ClN4O/c16-12-2-1-3-13(9-12)19-15(21)11-4-5-18-14(8-11)20-7-6-17-10-20/h1-10H,(H,19,21). The number of carbonyl (C=O) groups is 1. The van der Waals surface area contributed by atoms with Crippen molar-refractivity contribution in [1.29, 1.82) is 0 Å². The molecule has 1 N–H and O–H groups in total. The number of benzene rings is 1. The summed E-state index contributed by atoms with van der Waals surface area (Å²) in [5.41, 5.74) is 1.15. The van der Waals surface area contributed by atoms with E-state index in [9.17, 15) is 4.79 Å². The van der Waals surface area contributed by atoms with Gasteiger partial charge in [-0.1, -0.05) is 17.7 Å². The molecule has 0 radical (unpaired) electrons. The van der Waals surface area contributed by atoms with Crippen molar-refractivity contribution in [3.05, 3.63) is 71.9 Å². The number of amides is 1. The van der Waals surface area contributed by atoms with Gasteiger partial charge in [-0.3, -0.25) is 9.36 Å². The highest BCUT2D eigenvalue weighted by molar-refractivity contribution is 6.30. The summed E-state index contributed by atoms with van der Waals surface area (Å²) in [7, 11) is 0. The fraction of sp³-hybridized carbons (Fsp3) is 0. The molecule has 1 aromatic carbocycles. The first kappa shape index (κ1) is 13.3. The lowest BCUT2D eigenvalue weighted by Gasteiger charge is -2.07. The predicted octanol–water partition coefficient (Wildman–Crippen LogP) is 3.17. The molecule has 0 aliphatic rings. The second-order valence-electron chi connectivity index (χ2n) is 4.34. The van der Waals surface area contributed by atoms with Crippen molar-refractivity contribution in [3.8, 4) is 5.82 Å². The zero-order valence-corrected chi connectivity index (χ0v) is 11.7. The molecule has 2 heterocycles. The molecule has 0 bridgehead atoms. The van der Waals surface area contributed by atoms with E-state index >= 15 is 0 Å². The van der Waals surface area contributed by atoms with Crippen molar-refractivity contribution >= 4 is 23.2 Å². The highest BCUT2D eigenvalue weighted by Crippen LogP contribution is 2.16. The predicted molar refractivity (Wildman–Crippen MR) is 80.8 cm³/mol. The van der Waals surface area contributed by atoms with Gasteiger partial charge in [0.1, 0.15) is 12.1 Å². The second kappa shape index (κ2) is 5.76. The Bertz CT molecular complexity index is 771. The number of anilines is 1. The summed E-state index contributed by atoms with van der Waals surface area (Å²) < 4.78 is 1.73. The van der Waals surface area contributed by atoms with Crippen LogP contribution in [0.5, 0.6) is 0 Å². The van der Waals surface area contributed by atoms with Crippen LogP contribution in [0.2, 0.25) is 5.02 Å². The molecule has 0 atom stereocenters. The van der Waals surface area contributed by atoms with Crippen LogP contribution in [-0.2, 0) is 0 Å². The highest BCUT2D eigenvalue weighted by Gasteiger charge is 2.08. The van der Waals surface area contributed by atoms with Crippen molar-refractivity contribution in [3.63, 3.8) is 0 Å². The number of pyridine rings is 1. The molecule has 0 aliphatic carbocycles. The van der Waals surface area contributed by atoms with E-state index in [2.05, 4.69) is 15.3 Å². The Morgan fingerprint density at radius 3 is 2.86 bits per heavy atom. The first-order valence-electron chi connectivity index (χ1n) is 6.24. The molecule has 104 valence electrons. The Morgan fingerprint density at radius 2 is 2.10 bits per heavy atom. The summed E-state index contributed by atoms with van der Waals surface area (Å²) >= 11 is 5.90. The maximum atomic E-state index is 12.2. The van der Waals surface area contributed by atoms with Crippen LogP contribution in [0.4, 0.5) is 5.69 Å². The van der Waals surface area contributed by atoms with Crippen molar-refractivity contribution in [2.45, 2.75) is 0 Å². The summed E-state index contributed by atoms with van der Waals surface area (Å²) in [6.07, 6.45) is 6.63. The molecule has 0 saturated carbocycles. The maximum Gasteiger partial charge on any atom is 0.255 e. The summed E-state index contributed by atoms with van der Waals surface area (Å²) in [5.74, 6) is 0.410. The van der Waals surface area contributed by atoms with Crippen molar-refractivity contribution < 1.29 is 4.79 Å². The van der Waals surface area contributed by atoms with E-state index in [1.807, 2.05) is 0 Å². The molecule has 0 aliphatic heterocycles. The van der Waals surface area contributed by atoms with Gasteiger partial charge in [-0.2, -0.15) is 0 Å². The highest BCUT2D eigenvalue weighted by atomic mass is 35.5. The van der Waals surface area contributed by atoms with E-state index in [0.29, 0.717) is 22.1 Å². The SMILES string of the molecule is O=C(Nc1cccc(Cl)c1)c1ccnc(-n2ccnc2)c1. The molecule has 0 fully saturated rings. The summed E-state index contributed by atoms with van der Waals surface area (Å²) in [4.78, 5) is 20.4. The minimum Gasteiger partial charge on any atom is -0.322 e. The monoisotopic (exact) mass is 298 g/mol. The fourth-order valence-electron chi connectivity index (χ4n) is 1.86. The molecule has 3 aromatic rings. The third-order valence-corrected chi connectivity index (χ3v) is 3.09. The lowest BCUT2D eigenvalue weighted by molar-refractivity contribution is 0.102. The van der Waals surface area contributed by atoms with E-state index < -0.39 is 0 Å². The van der Waals surface area contributed by atoms with Crippen molar-refractivity contribution in [2.75, 3.05) is 5.32 Å². The number of imidazole rings is 1. The van der Waals surface area contributed by atoms with Crippen molar-refractivity contribution in [1.82, 2.24) is 14.5 Å². The molecule has 6 heteroatoms. The molecule has 2 aromatic heterocycles. The molecule has 0 spiro atoms. The number of carbonyl (C=O) groups excluding carboxylic acids is 1. The molecule has 0 saturated heterocycles. The smallest absolute Gasteiger partial charge is 0.255 e. The Labute approximate surface area is 126 Å². The first-order chi connectivity index (χ1) is 10.2. The number of nitrogens with one attached hydrogen (secondary N) is 1. The molecule has 5 nitrogen and oxygen atoms in total. The van der Waals surface area contributed by atoms with Gasteiger partial charge in [0.2, 0.25) is 0 Å². The van der Waals surface area contributed by atoms with Gasteiger partial charge in [-0.25, -0.2) is 9.97 Å². The molecule has 3 rings (SSSR count). The van der Waals surface area contributed by atoms with Gasteiger partial charge in [0.05, 0.1) is 0 Å². The van der Waals surface area contributed by atoms with Gasteiger partial charge in [-0.05, 0) is 30.3 Å². The number of hydrogen-bond acceptors (Lipinski definition) is 3. The molecular formula is C15H11ClN4O. The van der Waals surface area contributed by atoms with E-state index in [-0.39, 0.29) is 5.91 Å². The fourth-order valence-corrected chi connectivity index (χ4v) is 2.06.